The molecule has 16 rings (SSSR count). The van der Waals surface area contributed by atoms with E-state index in [1.165, 1.54) is 22.3 Å². The predicted molar refractivity (Wildman–Crippen MR) is 422 cm³/mol. The third-order valence-corrected chi connectivity index (χ3v) is 20.3. The van der Waals surface area contributed by atoms with Crippen LogP contribution in [-0.2, 0) is 21.7 Å². The average Bonchev–Trinajstić information content (AvgIpc) is 1.17. The van der Waals surface area contributed by atoms with Crippen LogP contribution >= 0.6 is 0 Å². The SMILES string of the molecule is [2H]c1c([2H])c([2H])c2c(c1[2H])c1c([2H])c([2H])c([2H])c([2H])c1n2-c1cc2c3c(c1)N(c1c(-c4ccc(C(C)(C)C)cc4)cccc1-c1ccc(C(C)(C)C)cc1)c1cc(-c4ccccc4)ccc1B3c1cc(-c3ccccc3)ccc1N2c1c(-c2ccc(C(C)(C)C)cc2)cccc1-c1ccc(C(C)(C)C)cc1. The van der Waals surface area contributed by atoms with Gasteiger partial charge in [0.15, 0.2) is 0 Å². The van der Waals surface area contributed by atoms with E-state index in [0.29, 0.717) is 5.69 Å². The number of para-hydroxylation sites is 4. The molecule has 0 spiro atoms. The van der Waals surface area contributed by atoms with E-state index in [0.717, 1.165) is 117 Å². The first-order valence-electron chi connectivity index (χ1n) is 38.4. The molecule has 1 aromatic heterocycles. The molecule has 478 valence electrons. The Morgan fingerprint density at radius 3 is 1.02 bits per heavy atom. The Labute approximate surface area is 591 Å². The number of nitrogens with zero attached hydrogens (tertiary/aromatic N) is 3. The van der Waals surface area contributed by atoms with Crippen molar-refractivity contribution in [3.05, 3.63) is 313 Å². The van der Waals surface area contributed by atoms with Crippen molar-refractivity contribution in [1.82, 2.24) is 4.57 Å². The number of hydrogen-bond donors (Lipinski definition) is 0. The van der Waals surface area contributed by atoms with Crippen LogP contribution in [0.4, 0.5) is 34.1 Å². The van der Waals surface area contributed by atoms with E-state index in [4.69, 9.17) is 0 Å². The summed E-state index contributed by atoms with van der Waals surface area (Å²) in [6, 6.07) is 84.7. The highest BCUT2D eigenvalue weighted by Crippen LogP contribution is 2.55. The summed E-state index contributed by atoms with van der Waals surface area (Å²) in [5.74, 6) is 0. The van der Waals surface area contributed by atoms with Crippen LogP contribution in [0.5, 0.6) is 0 Å². The maximum Gasteiger partial charge on any atom is 0.252 e. The zero-order valence-corrected chi connectivity index (χ0v) is 58.0. The highest BCUT2D eigenvalue weighted by Gasteiger charge is 2.46. The zero-order chi connectivity index (χ0) is 74.5. The van der Waals surface area contributed by atoms with Gasteiger partial charge in [-0.15, -0.1) is 0 Å². The molecule has 3 nitrogen and oxygen atoms in total. The molecule has 2 aliphatic rings. The van der Waals surface area contributed by atoms with Crippen molar-refractivity contribution in [2.24, 2.45) is 0 Å². The Balaban J connectivity index is 1.14. The molecule has 0 amide bonds. The van der Waals surface area contributed by atoms with Crippen molar-refractivity contribution in [2.45, 2.75) is 105 Å². The lowest BCUT2D eigenvalue weighted by Crippen LogP contribution is -2.61. The van der Waals surface area contributed by atoms with Gasteiger partial charge >= 0.3 is 0 Å². The Morgan fingerprint density at radius 2 is 0.633 bits per heavy atom. The topological polar surface area (TPSA) is 11.4 Å². The lowest BCUT2D eigenvalue weighted by molar-refractivity contribution is 0.590. The van der Waals surface area contributed by atoms with Crippen LogP contribution < -0.4 is 26.2 Å². The van der Waals surface area contributed by atoms with Crippen molar-refractivity contribution in [1.29, 1.82) is 0 Å². The van der Waals surface area contributed by atoms with Crippen LogP contribution in [0.15, 0.2) is 291 Å². The highest BCUT2D eigenvalue weighted by atomic mass is 15.2. The molecule has 0 N–H and O–H groups in total. The molecule has 2 aliphatic heterocycles. The van der Waals surface area contributed by atoms with Gasteiger partial charge in [-0.2, -0.15) is 0 Å². The quantitative estimate of drug-likeness (QED) is 0.133. The molecule has 0 atom stereocenters. The molecular formula is C94H84BN3. The first kappa shape index (κ1) is 53.5. The van der Waals surface area contributed by atoms with E-state index >= 15 is 0 Å². The van der Waals surface area contributed by atoms with Gasteiger partial charge in [0.1, 0.15) is 0 Å². The van der Waals surface area contributed by atoms with Crippen molar-refractivity contribution in [3.8, 4) is 72.4 Å². The lowest BCUT2D eigenvalue weighted by Gasteiger charge is -2.46. The van der Waals surface area contributed by atoms with Gasteiger partial charge in [-0.3, -0.25) is 0 Å². The minimum atomic E-state index is -0.507. The van der Waals surface area contributed by atoms with E-state index < -0.39 is 43.0 Å². The van der Waals surface area contributed by atoms with Gasteiger partial charge in [-0.25, -0.2) is 0 Å². The van der Waals surface area contributed by atoms with E-state index in [1.54, 1.807) is 4.57 Å². The summed E-state index contributed by atoms with van der Waals surface area (Å²) in [5.41, 5.74) is 24.7. The van der Waals surface area contributed by atoms with Gasteiger partial charge in [0.2, 0.25) is 0 Å². The van der Waals surface area contributed by atoms with Gasteiger partial charge in [0, 0.05) is 55.8 Å². The summed E-state index contributed by atoms with van der Waals surface area (Å²) in [4.78, 5) is 4.89. The first-order valence-corrected chi connectivity index (χ1v) is 34.4. The van der Waals surface area contributed by atoms with E-state index in [9.17, 15) is 11.0 Å². The number of aromatic nitrogens is 1. The summed E-state index contributed by atoms with van der Waals surface area (Å²) < 4.78 is 79.0. The fourth-order valence-corrected chi connectivity index (χ4v) is 15.0. The number of fused-ring (bicyclic) bond motifs is 7. The fourth-order valence-electron chi connectivity index (χ4n) is 15.0. The maximum atomic E-state index is 10.1. The largest absolute Gasteiger partial charge is 0.310 e. The lowest BCUT2D eigenvalue weighted by atomic mass is 9.33. The fraction of sp³-hybridized carbons (Fsp3) is 0.170. The number of rotatable bonds is 9. The van der Waals surface area contributed by atoms with Crippen LogP contribution in [-0.4, -0.2) is 11.3 Å². The minimum absolute atomic E-state index is 0.00216. The first-order chi connectivity index (χ1) is 50.5. The minimum Gasteiger partial charge on any atom is -0.310 e. The second-order valence-electron chi connectivity index (χ2n) is 30.8. The van der Waals surface area contributed by atoms with Crippen LogP contribution in [0.2, 0.25) is 0 Å². The number of benzene rings is 13. The van der Waals surface area contributed by atoms with Gasteiger partial charge < -0.3 is 14.4 Å². The number of anilines is 6. The molecule has 4 heteroatoms. The third-order valence-electron chi connectivity index (χ3n) is 20.3. The summed E-state index contributed by atoms with van der Waals surface area (Å²) in [6.45, 7) is 26.4. The Kier molecular flexibility index (Phi) is 12.9. The molecule has 0 unspecified atom stereocenters. The summed E-state index contributed by atoms with van der Waals surface area (Å²) in [7, 11) is 0. The molecular weight excluding hydrogens is 1180 g/mol. The van der Waals surface area contributed by atoms with Gasteiger partial charge in [0.25, 0.3) is 6.71 Å². The molecule has 0 aliphatic carbocycles. The molecule has 0 saturated heterocycles. The van der Waals surface area contributed by atoms with E-state index in [1.807, 2.05) is 6.07 Å². The summed E-state index contributed by atoms with van der Waals surface area (Å²) in [6.07, 6.45) is 0. The van der Waals surface area contributed by atoms with Crippen molar-refractivity contribution >= 4 is 79.0 Å². The molecule has 14 aromatic rings. The second-order valence-corrected chi connectivity index (χ2v) is 30.8. The molecule has 0 saturated carbocycles. The molecule has 98 heavy (non-hydrogen) atoms. The zero-order valence-electron chi connectivity index (χ0n) is 66.0. The monoisotopic (exact) mass is 1270 g/mol. The van der Waals surface area contributed by atoms with Crippen molar-refractivity contribution < 1.29 is 11.0 Å². The Hall–Kier alpha value is -10.7. The van der Waals surface area contributed by atoms with Gasteiger partial charge in [-0.1, -0.05) is 338 Å². The normalized spacial score (nSPS) is 14.2. The van der Waals surface area contributed by atoms with Gasteiger partial charge in [0.05, 0.1) is 39.1 Å². The molecule has 0 fully saturated rings. The van der Waals surface area contributed by atoms with Crippen molar-refractivity contribution in [2.75, 3.05) is 9.80 Å². The predicted octanol–water partition coefficient (Wildman–Crippen LogP) is 24.1. The third kappa shape index (κ3) is 10.8. The second kappa shape index (κ2) is 23.6. The van der Waals surface area contributed by atoms with E-state index in [-0.39, 0.29) is 55.6 Å². The van der Waals surface area contributed by atoms with Crippen LogP contribution in [0, 0.1) is 0 Å². The molecule has 0 bridgehead atoms. The molecule has 0 radical (unpaired) electrons. The standard InChI is InChI=1S/C94H84BN3/c1-91(2,3)69-47-37-63(38-48-69)74-31-23-32-75(64-39-49-70(50-40-64)92(4,5)6)89(74)97-84-56-46-67(61-25-15-13-16-26-61)57-81(84)95-80-55-45-68(62-27-17-14-18-28-62)58-85(80)98(87-60-73(59-86(97)88(87)95)96-82-35-21-19-29-78(82)79-30-20-22-36-83(79)96)90-76(65-41-51-71(52-42-65)93(7,8)9)33-24-34-77(90)66-43-53-72(54-44-66)94(10,11)12/h13-60H,1-12H3/i19D,20D,21D,22D,29D,30D,35D,36D. The average molecular weight is 1270 g/mol. The van der Waals surface area contributed by atoms with E-state index in [2.05, 4.69) is 329 Å². The summed E-state index contributed by atoms with van der Waals surface area (Å²) >= 11 is 0. The molecule has 3 heterocycles. The molecule has 13 aromatic carbocycles. The maximum absolute atomic E-state index is 10.1. The van der Waals surface area contributed by atoms with Crippen LogP contribution in [0.1, 0.15) is 116 Å². The van der Waals surface area contributed by atoms with Crippen LogP contribution in [0.3, 0.4) is 0 Å². The summed E-state index contributed by atoms with van der Waals surface area (Å²) in [5, 5.41) is -0.00432. The Bertz CT molecular complexity index is 5650. The Morgan fingerprint density at radius 1 is 0.286 bits per heavy atom. The van der Waals surface area contributed by atoms with Crippen LogP contribution in [0.25, 0.3) is 94.3 Å². The van der Waals surface area contributed by atoms with Crippen molar-refractivity contribution in [3.63, 3.8) is 0 Å². The smallest absolute Gasteiger partial charge is 0.252 e. The highest BCUT2D eigenvalue weighted by molar-refractivity contribution is 7.00. The van der Waals surface area contributed by atoms with Gasteiger partial charge in [-0.05, 0) is 141 Å². The number of hydrogen-bond acceptors (Lipinski definition) is 2.